The fourth-order valence-electron chi connectivity index (χ4n) is 1.04. The van der Waals surface area contributed by atoms with Gasteiger partial charge in [0.2, 0.25) is 0 Å². The minimum Gasteiger partial charge on any atom is -0.383 e. The van der Waals surface area contributed by atoms with Gasteiger partial charge in [-0.2, -0.15) is 0 Å². The van der Waals surface area contributed by atoms with E-state index < -0.39 is 0 Å². The topological polar surface area (TPSA) is 12.0 Å². The van der Waals surface area contributed by atoms with Crippen molar-refractivity contribution in [2.75, 3.05) is 0 Å². The first kappa shape index (κ1) is 10.3. The second-order valence-electron chi connectivity index (χ2n) is 3.13. The highest BCUT2D eigenvalue weighted by molar-refractivity contribution is 5.09. The van der Waals surface area contributed by atoms with Gasteiger partial charge in [-0.25, -0.2) is 0 Å². The van der Waals surface area contributed by atoms with Gasteiger partial charge in [-0.05, 0) is 18.4 Å². The van der Waals surface area contributed by atoms with Crippen molar-refractivity contribution in [2.45, 2.75) is 33.2 Å². The molecule has 11 heavy (non-hydrogen) atoms. The van der Waals surface area contributed by atoms with Crippen LogP contribution in [0, 0.1) is 5.92 Å². The molecule has 0 heterocycles. The van der Waals surface area contributed by atoms with Crippen molar-refractivity contribution in [3.63, 3.8) is 0 Å². The molecule has 1 atom stereocenters. The predicted molar refractivity (Wildman–Crippen MR) is 51.4 cm³/mol. The van der Waals surface area contributed by atoms with E-state index >= 15 is 0 Å². The molecule has 0 fully saturated rings. The molecule has 1 unspecified atom stereocenters. The van der Waals surface area contributed by atoms with Crippen LogP contribution in [0.2, 0.25) is 0 Å². The summed E-state index contributed by atoms with van der Waals surface area (Å²) in [6.45, 7) is 14.0. The minimum atomic E-state index is 0.528. The Morgan fingerprint density at radius 3 is 2.36 bits per heavy atom. The van der Waals surface area contributed by atoms with Crippen LogP contribution < -0.4 is 5.32 Å². The lowest BCUT2D eigenvalue weighted by Gasteiger charge is -2.21. The number of nitrogens with one attached hydrogen (secondary N) is 1. The smallest absolute Gasteiger partial charge is 0.0281 e. The second kappa shape index (κ2) is 5.00. The molecule has 0 bridgehead atoms. The van der Waals surface area contributed by atoms with Crippen molar-refractivity contribution in [2.24, 2.45) is 5.92 Å². The first-order valence-electron chi connectivity index (χ1n) is 4.19. The molecular formula is C10H19N. The van der Waals surface area contributed by atoms with E-state index in [4.69, 9.17) is 0 Å². The molecule has 0 aromatic rings. The molecule has 0 aromatic heterocycles. The summed E-state index contributed by atoms with van der Waals surface area (Å²) in [7, 11) is 0. The molecule has 64 valence electrons. The van der Waals surface area contributed by atoms with Gasteiger partial charge in [0.25, 0.3) is 0 Å². The van der Waals surface area contributed by atoms with Gasteiger partial charge in [0.15, 0.2) is 0 Å². The largest absolute Gasteiger partial charge is 0.383 e. The molecule has 0 radical (unpaired) electrons. The summed E-state index contributed by atoms with van der Waals surface area (Å²) < 4.78 is 0. The molecule has 0 amide bonds. The fraction of sp³-hybridized carbons (Fsp3) is 0.600. The Labute approximate surface area is 70.2 Å². The summed E-state index contributed by atoms with van der Waals surface area (Å²) in [5, 5.41) is 3.30. The lowest BCUT2D eigenvalue weighted by Crippen LogP contribution is -2.31. The van der Waals surface area contributed by atoms with Crippen molar-refractivity contribution in [3.8, 4) is 0 Å². The third-order valence-corrected chi connectivity index (χ3v) is 1.86. The van der Waals surface area contributed by atoms with Gasteiger partial charge < -0.3 is 5.32 Å². The fourth-order valence-corrected chi connectivity index (χ4v) is 1.04. The summed E-state index contributed by atoms with van der Waals surface area (Å²) >= 11 is 0. The van der Waals surface area contributed by atoms with Crippen LogP contribution in [0.15, 0.2) is 24.9 Å². The van der Waals surface area contributed by atoms with Crippen LogP contribution in [0.5, 0.6) is 0 Å². The van der Waals surface area contributed by atoms with Gasteiger partial charge in [-0.15, -0.1) is 0 Å². The molecular weight excluding hydrogens is 134 g/mol. The Hall–Kier alpha value is -0.720. The van der Waals surface area contributed by atoms with Crippen molar-refractivity contribution in [3.05, 3.63) is 24.9 Å². The van der Waals surface area contributed by atoms with Crippen molar-refractivity contribution in [1.29, 1.82) is 0 Å². The van der Waals surface area contributed by atoms with Gasteiger partial charge in [0.1, 0.15) is 0 Å². The molecule has 0 saturated carbocycles. The summed E-state index contributed by atoms with van der Waals surface area (Å²) in [5.74, 6) is 0.650. The summed E-state index contributed by atoms with van der Waals surface area (Å²) in [6, 6.07) is 0.528. The molecule has 0 rings (SSSR count). The lowest BCUT2D eigenvalue weighted by atomic mass is 10.0. The van der Waals surface area contributed by atoms with Crippen molar-refractivity contribution in [1.82, 2.24) is 5.32 Å². The molecule has 0 aliphatic heterocycles. The van der Waals surface area contributed by atoms with Crippen LogP contribution in [-0.2, 0) is 0 Å². The Morgan fingerprint density at radius 1 is 1.55 bits per heavy atom. The first-order valence-corrected chi connectivity index (χ1v) is 4.19. The predicted octanol–water partition coefficient (Wildman–Crippen LogP) is 2.71. The molecule has 0 spiro atoms. The Morgan fingerprint density at radius 2 is 2.09 bits per heavy atom. The maximum absolute atomic E-state index is 3.81. The summed E-state index contributed by atoms with van der Waals surface area (Å²) in [6.07, 6.45) is 2.88. The minimum absolute atomic E-state index is 0.528. The number of hydrogen-bond acceptors (Lipinski definition) is 1. The van der Waals surface area contributed by atoms with E-state index in [1.165, 1.54) is 0 Å². The van der Waals surface area contributed by atoms with E-state index in [1.807, 2.05) is 0 Å². The highest BCUT2D eigenvalue weighted by Gasteiger charge is 2.08. The zero-order valence-corrected chi connectivity index (χ0v) is 7.85. The number of rotatable bonds is 5. The monoisotopic (exact) mass is 153 g/mol. The average molecular weight is 153 g/mol. The lowest BCUT2D eigenvalue weighted by molar-refractivity contribution is 0.423. The molecule has 1 nitrogen and oxygen atoms in total. The first-order chi connectivity index (χ1) is 5.11. The maximum atomic E-state index is 3.81. The Bertz CT molecular complexity index is 136. The van der Waals surface area contributed by atoms with Gasteiger partial charge in [-0.3, -0.25) is 0 Å². The SMILES string of the molecule is C=CC(=C)NC(CC)C(C)C. The van der Waals surface area contributed by atoms with Crippen molar-refractivity contribution < 1.29 is 0 Å². The van der Waals surface area contributed by atoms with Crippen LogP contribution in [0.4, 0.5) is 0 Å². The molecule has 1 N–H and O–H groups in total. The normalized spacial score (nSPS) is 12.7. The summed E-state index contributed by atoms with van der Waals surface area (Å²) in [5.41, 5.74) is 0.922. The third-order valence-electron chi connectivity index (χ3n) is 1.86. The third kappa shape index (κ3) is 3.87. The molecule has 0 aliphatic carbocycles. The molecule has 1 heteroatoms. The zero-order chi connectivity index (χ0) is 8.85. The number of hydrogen-bond donors (Lipinski definition) is 1. The van der Waals surface area contributed by atoms with Crippen LogP contribution in [-0.4, -0.2) is 6.04 Å². The molecule has 0 saturated heterocycles. The van der Waals surface area contributed by atoms with Crippen LogP contribution in [0.3, 0.4) is 0 Å². The van der Waals surface area contributed by atoms with Crippen molar-refractivity contribution >= 4 is 0 Å². The average Bonchev–Trinajstić information content (AvgIpc) is 1.99. The maximum Gasteiger partial charge on any atom is 0.0281 e. The standard InChI is InChI=1S/C10H19N/c1-6-9(5)11-10(7-2)8(3)4/h6,8,10-11H,1,5,7H2,2-4H3. The van der Waals surface area contributed by atoms with E-state index in [-0.39, 0.29) is 0 Å². The molecule has 0 aromatic carbocycles. The molecule has 0 aliphatic rings. The van der Waals surface area contributed by atoms with E-state index in [1.54, 1.807) is 6.08 Å². The second-order valence-corrected chi connectivity index (χ2v) is 3.13. The van der Waals surface area contributed by atoms with E-state index in [0.29, 0.717) is 12.0 Å². The van der Waals surface area contributed by atoms with E-state index in [9.17, 15) is 0 Å². The van der Waals surface area contributed by atoms with E-state index in [0.717, 1.165) is 12.1 Å². The highest BCUT2D eigenvalue weighted by Crippen LogP contribution is 2.06. The number of allylic oxidation sites excluding steroid dienone is 1. The van der Waals surface area contributed by atoms with Crippen LogP contribution in [0.1, 0.15) is 27.2 Å². The quantitative estimate of drug-likeness (QED) is 0.599. The summed E-state index contributed by atoms with van der Waals surface area (Å²) in [4.78, 5) is 0. The van der Waals surface area contributed by atoms with E-state index in [2.05, 4.69) is 39.2 Å². The van der Waals surface area contributed by atoms with Gasteiger partial charge in [0.05, 0.1) is 0 Å². The van der Waals surface area contributed by atoms with Gasteiger partial charge in [0, 0.05) is 11.7 Å². The van der Waals surface area contributed by atoms with Gasteiger partial charge in [-0.1, -0.05) is 33.9 Å². The van der Waals surface area contributed by atoms with Gasteiger partial charge >= 0.3 is 0 Å². The Balaban J connectivity index is 3.87. The van der Waals surface area contributed by atoms with Crippen LogP contribution >= 0.6 is 0 Å². The van der Waals surface area contributed by atoms with Crippen LogP contribution in [0.25, 0.3) is 0 Å². The Kier molecular flexibility index (Phi) is 4.67. The highest BCUT2D eigenvalue weighted by atomic mass is 14.9. The zero-order valence-electron chi connectivity index (χ0n) is 7.85.